The molecule has 1 saturated heterocycles. The fourth-order valence-corrected chi connectivity index (χ4v) is 4.21. The smallest absolute Gasteiger partial charge is 0.214 e. The zero-order chi connectivity index (χ0) is 22.0. The van der Waals surface area contributed by atoms with Crippen LogP contribution in [0.1, 0.15) is 38.2 Å². The molecule has 164 valence electrons. The lowest BCUT2D eigenvalue weighted by molar-refractivity contribution is -0.927. The molecule has 8 heteroatoms. The fourth-order valence-electron chi connectivity index (χ4n) is 4.21. The summed E-state index contributed by atoms with van der Waals surface area (Å²) in [7, 11) is 1.67. The summed E-state index contributed by atoms with van der Waals surface area (Å²) >= 11 is 0. The van der Waals surface area contributed by atoms with E-state index in [1.54, 1.807) is 7.11 Å². The number of methoxy groups -OCH3 is 1. The normalized spacial score (nSPS) is 16.4. The summed E-state index contributed by atoms with van der Waals surface area (Å²) in [5.74, 6) is 1.48. The van der Waals surface area contributed by atoms with Gasteiger partial charge >= 0.3 is 0 Å². The van der Waals surface area contributed by atoms with E-state index < -0.39 is 0 Å². The number of benzene rings is 2. The maximum atomic E-state index is 13.3. The van der Waals surface area contributed by atoms with Crippen LogP contribution in [0.25, 0.3) is 0 Å². The molecule has 3 aromatic rings. The molecule has 2 heterocycles. The molecule has 1 aliphatic rings. The molecule has 1 fully saturated rings. The largest absolute Gasteiger partial charge is 0.497 e. The molecule has 1 aromatic heterocycles. The van der Waals surface area contributed by atoms with Gasteiger partial charge in [-0.3, -0.25) is 0 Å². The van der Waals surface area contributed by atoms with Gasteiger partial charge in [-0.25, -0.2) is 9.07 Å². The second-order valence-electron chi connectivity index (χ2n) is 8.95. The molecule has 0 aliphatic carbocycles. The number of piperazine rings is 1. The second kappa shape index (κ2) is 8.63. The Morgan fingerprint density at radius 2 is 1.65 bits per heavy atom. The number of rotatable bonds is 5. The SMILES string of the molecule is COc1ccc([C@@H](c2nnnn2C(C)(C)C)[NH+]2CCN(c3ccc(F)cc3)CC2)cc1. The Hall–Kier alpha value is -3.00. The van der Waals surface area contributed by atoms with E-state index in [0.29, 0.717) is 0 Å². The van der Waals surface area contributed by atoms with Crippen molar-refractivity contribution in [3.63, 3.8) is 0 Å². The molecule has 4 rings (SSSR count). The van der Waals surface area contributed by atoms with Crippen molar-refractivity contribution in [2.75, 3.05) is 38.2 Å². The number of nitrogens with zero attached hydrogens (tertiary/aromatic N) is 5. The van der Waals surface area contributed by atoms with Crippen molar-refractivity contribution in [3.05, 3.63) is 65.7 Å². The van der Waals surface area contributed by atoms with Gasteiger partial charge in [0, 0.05) is 11.3 Å². The minimum Gasteiger partial charge on any atom is -0.497 e. The van der Waals surface area contributed by atoms with E-state index in [2.05, 4.69) is 53.3 Å². The highest BCUT2D eigenvalue weighted by atomic mass is 19.1. The molecular weight excluding hydrogens is 395 g/mol. The lowest BCUT2D eigenvalue weighted by Crippen LogP contribution is -3.15. The van der Waals surface area contributed by atoms with E-state index in [1.165, 1.54) is 17.0 Å². The Bertz CT molecular complexity index is 988. The molecule has 0 unspecified atom stereocenters. The van der Waals surface area contributed by atoms with Crippen molar-refractivity contribution in [1.82, 2.24) is 20.2 Å². The van der Waals surface area contributed by atoms with Gasteiger partial charge in [-0.15, -0.1) is 5.10 Å². The fraction of sp³-hybridized carbons (Fsp3) is 0.435. The molecule has 1 N–H and O–H groups in total. The number of hydrogen-bond acceptors (Lipinski definition) is 5. The van der Waals surface area contributed by atoms with Gasteiger partial charge in [-0.1, -0.05) is 0 Å². The summed E-state index contributed by atoms with van der Waals surface area (Å²) in [5.41, 5.74) is 1.99. The molecule has 1 aliphatic heterocycles. The molecule has 0 bridgehead atoms. The van der Waals surface area contributed by atoms with Crippen LogP contribution in [0.15, 0.2) is 48.5 Å². The van der Waals surface area contributed by atoms with Crippen molar-refractivity contribution in [3.8, 4) is 5.75 Å². The van der Waals surface area contributed by atoms with Crippen molar-refractivity contribution in [1.29, 1.82) is 0 Å². The molecule has 0 spiro atoms. The van der Waals surface area contributed by atoms with Crippen molar-refractivity contribution < 1.29 is 14.0 Å². The maximum absolute atomic E-state index is 13.3. The molecule has 1 atom stereocenters. The Balaban J connectivity index is 1.62. The molecule has 31 heavy (non-hydrogen) atoms. The number of anilines is 1. The number of tetrazole rings is 1. The van der Waals surface area contributed by atoms with Crippen LogP contribution >= 0.6 is 0 Å². The van der Waals surface area contributed by atoms with Crippen LogP contribution in [0.2, 0.25) is 0 Å². The minimum atomic E-state index is -0.223. The van der Waals surface area contributed by atoms with E-state index in [4.69, 9.17) is 4.74 Å². The van der Waals surface area contributed by atoms with Gasteiger partial charge in [0.15, 0.2) is 6.04 Å². The van der Waals surface area contributed by atoms with Gasteiger partial charge in [0.1, 0.15) is 11.6 Å². The van der Waals surface area contributed by atoms with Crippen molar-refractivity contribution in [2.45, 2.75) is 32.4 Å². The highest BCUT2D eigenvalue weighted by Gasteiger charge is 2.36. The number of quaternary nitrogens is 1. The number of nitrogens with one attached hydrogen (secondary N) is 1. The van der Waals surface area contributed by atoms with Crippen molar-refractivity contribution >= 4 is 5.69 Å². The molecule has 0 amide bonds. The van der Waals surface area contributed by atoms with E-state index in [1.807, 2.05) is 28.9 Å². The molecule has 0 radical (unpaired) electrons. The summed E-state index contributed by atoms with van der Waals surface area (Å²) < 4.78 is 20.6. The van der Waals surface area contributed by atoms with E-state index >= 15 is 0 Å². The van der Waals surface area contributed by atoms with E-state index in [9.17, 15) is 4.39 Å². The van der Waals surface area contributed by atoms with Crippen molar-refractivity contribution in [2.24, 2.45) is 0 Å². The third-order valence-corrected chi connectivity index (χ3v) is 5.84. The van der Waals surface area contributed by atoms with Gasteiger partial charge in [-0.2, -0.15) is 0 Å². The summed E-state index contributed by atoms with van der Waals surface area (Å²) in [4.78, 5) is 3.71. The van der Waals surface area contributed by atoms with Crippen LogP contribution in [-0.4, -0.2) is 53.5 Å². The summed E-state index contributed by atoms with van der Waals surface area (Å²) in [6.07, 6.45) is 0. The number of aromatic nitrogens is 4. The van der Waals surface area contributed by atoms with Gasteiger partial charge in [-0.05, 0) is 79.7 Å². The average Bonchev–Trinajstić information content (AvgIpc) is 3.26. The van der Waals surface area contributed by atoms with Gasteiger partial charge < -0.3 is 14.5 Å². The maximum Gasteiger partial charge on any atom is 0.214 e. The van der Waals surface area contributed by atoms with Crippen LogP contribution in [0.3, 0.4) is 0 Å². The zero-order valence-corrected chi connectivity index (χ0v) is 18.5. The quantitative estimate of drug-likeness (QED) is 0.678. The lowest BCUT2D eigenvalue weighted by Gasteiger charge is -2.37. The predicted octanol–water partition coefficient (Wildman–Crippen LogP) is 2.07. The number of hydrogen-bond donors (Lipinski definition) is 1. The summed E-state index contributed by atoms with van der Waals surface area (Å²) in [5, 5.41) is 12.8. The van der Waals surface area contributed by atoms with Gasteiger partial charge in [0.25, 0.3) is 0 Å². The van der Waals surface area contributed by atoms with E-state index in [0.717, 1.165) is 49.0 Å². The Morgan fingerprint density at radius 3 is 2.23 bits per heavy atom. The Kier molecular flexibility index (Phi) is 5.91. The van der Waals surface area contributed by atoms with Crippen LogP contribution in [-0.2, 0) is 5.54 Å². The van der Waals surface area contributed by atoms with Gasteiger partial charge in [0.2, 0.25) is 5.82 Å². The molecule has 2 aromatic carbocycles. The first-order valence-electron chi connectivity index (χ1n) is 10.6. The molecule has 7 nitrogen and oxygen atoms in total. The first kappa shape index (κ1) is 21.2. The van der Waals surface area contributed by atoms with Gasteiger partial charge in [0.05, 0.1) is 38.8 Å². The lowest BCUT2D eigenvalue weighted by atomic mass is 10.0. The number of ether oxygens (including phenoxy) is 1. The monoisotopic (exact) mass is 425 g/mol. The number of halogens is 1. The minimum absolute atomic E-state index is 0.00972. The highest BCUT2D eigenvalue weighted by molar-refractivity contribution is 5.46. The topological polar surface area (TPSA) is 60.5 Å². The van der Waals surface area contributed by atoms with Crippen LogP contribution in [0, 0.1) is 5.82 Å². The third-order valence-electron chi connectivity index (χ3n) is 5.84. The highest BCUT2D eigenvalue weighted by Crippen LogP contribution is 2.24. The van der Waals surface area contributed by atoms with Crippen LogP contribution in [0.4, 0.5) is 10.1 Å². The summed E-state index contributed by atoms with van der Waals surface area (Å²) in [6, 6.07) is 14.9. The molecule has 0 saturated carbocycles. The second-order valence-corrected chi connectivity index (χ2v) is 8.95. The zero-order valence-electron chi connectivity index (χ0n) is 18.5. The first-order valence-corrected chi connectivity index (χ1v) is 10.6. The Labute approximate surface area is 182 Å². The first-order chi connectivity index (χ1) is 14.9. The van der Waals surface area contributed by atoms with Crippen LogP contribution in [0.5, 0.6) is 5.75 Å². The van der Waals surface area contributed by atoms with E-state index in [-0.39, 0.29) is 17.4 Å². The molecular formula is C23H30FN6O+. The predicted molar refractivity (Wildman–Crippen MR) is 117 cm³/mol. The van der Waals surface area contributed by atoms with Crippen LogP contribution < -0.4 is 14.5 Å². The standard InChI is InChI=1S/C23H29FN6O/c1-23(2,3)30-22(25-26-27-30)21(17-5-11-20(31-4)12-6-17)29-15-13-28(14-16-29)19-9-7-18(24)8-10-19/h5-12,21H,13-16H2,1-4H3/p+1/t21-/m0/s1. The third kappa shape index (κ3) is 4.54. The average molecular weight is 426 g/mol. The Morgan fingerprint density at radius 1 is 1.00 bits per heavy atom. The summed E-state index contributed by atoms with van der Waals surface area (Å²) in [6.45, 7) is 9.94.